The van der Waals surface area contributed by atoms with Gasteiger partial charge in [-0.05, 0) is 67.3 Å². The molecule has 0 atom stereocenters. The minimum atomic E-state index is -0.0306. The number of anilines is 2. The summed E-state index contributed by atoms with van der Waals surface area (Å²) in [6, 6.07) is 12.2. The highest BCUT2D eigenvalue weighted by Crippen LogP contribution is 2.35. The third-order valence-corrected chi connectivity index (χ3v) is 4.35. The summed E-state index contributed by atoms with van der Waals surface area (Å²) in [5, 5.41) is 0. The maximum atomic E-state index is 11.7. The predicted octanol–water partition coefficient (Wildman–Crippen LogP) is 3.78. The molecule has 2 aromatic rings. The van der Waals surface area contributed by atoms with Gasteiger partial charge in [-0.25, -0.2) is 0 Å². The number of hydrogen-bond acceptors (Lipinski definition) is 4. The molecular formula is C17H18N2O2S. The Morgan fingerprint density at radius 3 is 2.59 bits per heavy atom. The number of carbonyl (C=O) groups excluding carboxylic acids is 1. The van der Waals surface area contributed by atoms with Gasteiger partial charge in [0.15, 0.2) is 6.61 Å². The monoisotopic (exact) mass is 314 g/mol. The van der Waals surface area contributed by atoms with Crippen molar-refractivity contribution in [1.29, 1.82) is 0 Å². The van der Waals surface area contributed by atoms with Crippen molar-refractivity contribution in [2.24, 2.45) is 0 Å². The van der Waals surface area contributed by atoms with Crippen LogP contribution in [0.5, 0.6) is 5.75 Å². The highest BCUT2D eigenvalue weighted by atomic mass is 32.2. The summed E-state index contributed by atoms with van der Waals surface area (Å²) in [5.74, 6) is 0.717. The summed E-state index contributed by atoms with van der Waals surface area (Å²) < 4.78 is 8.78. The first-order chi connectivity index (χ1) is 10.5. The normalized spacial score (nSPS) is 13.6. The first kappa shape index (κ1) is 14.8. The van der Waals surface area contributed by atoms with Crippen molar-refractivity contribution in [3.8, 4) is 5.75 Å². The third-order valence-electron chi connectivity index (χ3n) is 3.53. The molecule has 1 aliphatic rings. The molecule has 5 heteroatoms. The number of aryl methyl sites for hydroxylation is 2. The van der Waals surface area contributed by atoms with Crippen LogP contribution in [0.15, 0.2) is 41.3 Å². The molecule has 1 N–H and O–H groups in total. The SMILES string of the molecule is Cc1cc(C)cc(NSc2ccc3c(c2)N(C)C(=O)CO3)c1. The first-order valence-electron chi connectivity index (χ1n) is 7.07. The molecule has 1 heterocycles. The Morgan fingerprint density at radius 1 is 1.14 bits per heavy atom. The van der Waals surface area contributed by atoms with E-state index in [0.29, 0.717) is 0 Å². The van der Waals surface area contributed by atoms with E-state index in [1.165, 1.54) is 23.1 Å². The Labute approximate surface area is 134 Å². The molecule has 0 spiro atoms. The number of ether oxygens (including phenoxy) is 1. The molecule has 0 bridgehead atoms. The zero-order valence-corrected chi connectivity index (χ0v) is 13.7. The number of benzene rings is 2. The Balaban J connectivity index is 1.77. The molecule has 1 aliphatic heterocycles. The van der Waals surface area contributed by atoms with Crippen molar-refractivity contribution in [1.82, 2.24) is 0 Å². The van der Waals surface area contributed by atoms with Crippen molar-refractivity contribution in [3.05, 3.63) is 47.5 Å². The molecule has 22 heavy (non-hydrogen) atoms. The van der Waals surface area contributed by atoms with Crippen molar-refractivity contribution in [2.75, 3.05) is 23.3 Å². The standard InChI is InChI=1S/C17H18N2O2S/c1-11-6-12(2)8-13(7-11)18-22-14-4-5-16-15(9-14)19(3)17(20)10-21-16/h4-9,18H,10H2,1-3H3. The van der Waals surface area contributed by atoms with Crippen LogP contribution in [0.25, 0.3) is 0 Å². The summed E-state index contributed by atoms with van der Waals surface area (Å²) in [6.07, 6.45) is 0. The molecule has 1 amide bonds. The molecule has 0 radical (unpaired) electrons. The van der Waals surface area contributed by atoms with Gasteiger partial charge in [0.1, 0.15) is 5.75 Å². The molecule has 3 rings (SSSR count). The van der Waals surface area contributed by atoms with Crippen LogP contribution in [0.1, 0.15) is 11.1 Å². The number of likely N-dealkylation sites (N-methyl/N-ethyl adjacent to an activating group) is 1. The van der Waals surface area contributed by atoms with Crippen molar-refractivity contribution in [2.45, 2.75) is 18.7 Å². The molecule has 0 unspecified atom stereocenters. The summed E-state index contributed by atoms with van der Waals surface area (Å²) >= 11 is 1.52. The lowest BCUT2D eigenvalue weighted by atomic mass is 10.1. The number of nitrogens with zero attached hydrogens (tertiary/aromatic N) is 1. The van der Waals surface area contributed by atoms with Gasteiger partial charge in [-0.15, -0.1) is 0 Å². The lowest BCUT2D eigenvalue weighted by molar-refractivity contribution is -0.120. The van der Waals surface area contributed by atoms with Gasteiger partial charge >= 0.3 is 0 Å². The van der Waals surface area contributed by atoms with Crippen LogP contribution in [0.4, 0.5) is 11.4 Å². The van der Waals surface area contributed by atoms with E-state index in [-0.39, 0.29) is 12.5 Å². The average molecular weight is 314 g/mol. The van der Waals surface area contributed by atoms with Gasteiger partial charge in [0.05, 0.1) is 5.69 Å². The van der Waals surface area contributed by atoms with Crippen LogP contribution in [0.2, 0.25) is 0 Å². The van der Waals surface area contributed by atoms with E-state index in [4.69, 9.17) is 4.74 Å². The Bertz CT molecular complexity index is 710. The lowest BCUT2D eigenvalue weighted by Gasteiger charge is -2.26. The zero-order valence-electron chi connectivity index (χ0n) is 12.8. The molecule has 0 aromatic heterocycles. The van der Waals surface area contributed by atoms with Crippen molar-refractivity contribution < 1.29 is 9.53 Å². The maximum absolute atomic E-state index is 11.7. The van der Waals surface area contributed by atoms with E-state index in [0.717, 1.165) is 22.0 Å². The van der Waals surface area contributed by atoms with Gasteiger partial charge in [0.25, 0.3) is 5.91 Å². The van der Waals surface area contributed by atoms with E-state index in [1.807, 2.05) is 18.2 Å². The fraction of sp³-hybridized carbons (Fsp3) is 0.235. The number of rotatable bonds is 3. The van der Waals surface area contributed by atoms with Crippen LogP contribution in [-0.4, -0.2) is 19.6 Å². The second kappa shape index (κ2) is 5.93. The number of carbonyl (C=O) groups is 1. The third kappa shape index (κ3) is 3.04. The van der Waals surface area contributed by atoms with Gasteiger partial charge in [-0.2, -0.15) is 0 Å². The smallest absolute Gasteiger partial charge is 0.264 e. The summed E-state index contributed by atoms with van der Waals surface area (Å²) in [4.78, 5) is 14.4. The van der Waals surface area contributed by atoms with E-state index in [2.05, 4.69) is 36.8 Å². The molecule has 0 fully saturated rings. The van der Waals surface area contributed by atoms with Crippen LogP contribution >= 0.6 is 11.9 Å². The fourth-order valence-corrected chi connectivity index (χ4v) is 3.13. The van der Waals surface area contributed by atoms with Crippen LogP contribution in [0.3, 0.4) is 0 Å². The fourth-order valence-electron chi connectivity index (χ4n) is 2.47. The van der Waals surface area contributed by atoms with Crippen LogP contribution in [-0.2, 0) is 4.79 Å². The predicted molar refractivity (Wildman–Crippen MR) is 90.7 cm³/mol. The number of amides is 1. The van der Waals surface area contributed by atoms with Crippen LogP contribution < -0.4 is 14.4 Å². The molecule has 0 saturated carbocycles. The maximum Gasteiger partial charge on any atom is 0.264 e. The molecular weight excluding hydrogens is 296 g/mol. The second-order valence-corrected chi connectivity index (χ2v) is 6.33. The lowest BCUT2D eigenvalue weighted by Crippen LogP contribution is -2.35. The first-order valence-corrected chi connectivity index (χ1v) is 7.89. The molecule has 0 aliphatic carbocycles. The number of hydrogen-bond donors (Lipinski definition) is 1. The zero-order chi connectivity index (χ0) is 15.7. The summed E-state index contributed by atoms with van der Waals surface area (Å²) in [6.45, 7) is 4.27. The van der Waals surface area contributed by atoms with Gasteiger partial charge < -0.3 is 14.4 Å². The summed E-state index contributed by atoms with van der Waals surface area (Å²) in [5.41, 5.74) is 4.34. The van der Waals surface area contributed by atoms with E-state index < -0.39 is 0 Å². The minimum Gasteiger partial charge on any atom is -0.482 e. The van der Waals surface area contributed by atoms with Gasteiger partial charge in [-0.1, -0.05) is 6.07 Å². The average Bonchev–Trinajstić information content (AvgIpc) is 2.48. The number of nitrogens with one attached hydrogen (secondary N) is 1. The minimum absolute atomic E-state index is 0.0306. The van der Waals surface area contributed by atoms with Crippen molar-refractivity contribution >= 4 is 29.2 Å². The van der Waals surface area contributed by atoms with E-state index >= 15 is 0 Å². The molecule has 4 nitrogen and oxygen atoms in total. The van der Waals surface area contributed by atoms with Gasteiger partial charge in [0.2, 0.25) is 0 Å². The van der Waals surface area contributed by atoms with E-state index in [1.54, 1.807) is 11.9 Å². The molecule has 114 valence electrons. The molecule has 0 saturated heterocycles. The highest BCUT2D eigenvalue weighted by molar-refractivity contribution is 8.00. The Kier molecular flexibility index (Phi) is 3.98. The molecule has 2 aromatic carbocycles. The van der Waals surface area contributed by atoms with Crippen molar-refractivity contribution in [3.63, 3.8) is 0 Å². The topological polar surface area (TPSA) is 41.6 Å². The van der Waals surface area contributed by atoms with E-state index in [9.17, 15) is 4.79 Å². The largest absolute Gasteiger partial charge is 0.482 e. The second-order valence-electron chi connectivity index (χ2n) is 5.45. The Hall–Kier alpha value is -2.14. The van der Waals surface area contributed by atoms with Gasteiger partial charge in [-0.3, -0.25) is 4.79 Å². The quantitative estimate of drug-likeness (QED) is 0.876. The summed E-state index contributed by atoms with van der Waals surface area (Å²) in [7, 11) is 1.77. The highest BCUT2D eigenvalue weighted by Gasteiger charge is 2.22. The Morgan fingerprint density at radius 2 is 1.86 bits per heavy atom. The number of fused-ring (bicyclic) bond motifs is 1. The van der Waals surface area contributed by atoms with Gasteiger partial charge in [0, 0.05) is 17.6 Å². The van der Waals surface area contributed by atoms with Crippen LogP contribution in [0, 0.1) is 13.8 Å².